The smallest absolute Gasteiger partial charge is 0.296 e. The van der Waals surface area contributed by atoms with Gasteiger partial charge in [-0.1, -0.05) is 42.0 Å². The van der Waals surface area contributed by atoms with Crippen LogP contribution in [0.4, 0.5) is 11.4 Å². The SMILES string of the molecule is Cc1ccc(C(=O)C(=O)Nc2ccc(C3CCN(C(=O)c4ccc(N5CCN(C)CC5)cc4)CC3)cc2)cc1. The van der Waals surface area contributed by atoms with Crippen molar-refractivity contribution in [2.45, 2.75) is 25.7 Å². The lowest BCUT2D eigenvalue weighted by Gasteiger charge is -2.34. The van der Waals surface area contributed by atoms with Crippen molar-refractivity contribution in [1.29, 1.82) is 0 Å². The summed E-state index contributed by atoms with van der Waals surface area (Å²) in [6.07, 6.45) is 1.78. The fourth-order valence-corrected chi connectivity index (χ4v) is 5.34. The van der Waals surface area contributed by atoms with Gasteiger partial charge in [-0.05, 0) is 74.7 Å². The topological polar surface area (TPSA) is 73.0 Å². The third-order valence-electron chi connectivity index (χ3n) is 7.92. The van der Waals surface area contributed by atoms with Crippen LogP contribution in [0.5, 0.6) is 0 Å². The number of anilines is 2. The Kier molecular flexibility index (Phi) is 8.07. The molecule has 202 valence electrons. The number of likely N-dealkylation sites (N-methyl/N-ethyl adjacent to an activating group) is 1. The van der Waals surface area contributed by atoms with Gasteiger partial charge in [0.25, 0.3) is 17.6 Å². The van der Waals surface area contributed by atoms with Gasteiger partial charge in [-0.15, -0.1) is 0 Å². The molecule has 3 aromatic rings. The molecule has 1 N–H and O–H groups in total. The molecular formula is C32H36N4O3. The van der Waals surface area contributed by atoms with Gasteiger partial charge in [0.05, 0.1) is 0 Å². The minimum absolute atomic E-state index is 0.0923. The van der Waals surface area contributed by atoms with E-state index in [0.717, 1.165) is 50.1 Å². The normalized spacial score (nSPS) is 16.7. The number of piperidine rings is 1. The Balaban J connectivity index is 1.12. The number of nitrogens with zero attached hydrogens (tertiary/aromatic N) is 3. The molecule has 2 fully saturated rings. The molecule has 0 aliphatic carbocycles. The number of carbonyl (C=O) groups is 3. The summed E-state index contributed by atoms with van der Waals surface area (Å²) in [5.74, 6) is -0.748. The maximum absolute atomic E-state index is 13.1. The van der Waals surface area contributed by atoms with Crippen LogP contribution in [0.3, 0.4) is 0 Å². The zero-order chi connectivity index (χ0) is 27.4. The lowest BCUT2D eigenvalue weighted by molar-refractivity contribution is -0.112. The van der Waals surface area contributed by atoms with E-state index in [4.69, 9.17) is 0 Å². The lowest BCUT2D eigenvalue weighted by Crippen LogP contribution is -2.44. The quantitative estimate of drug-likeness (QED) is 0.377. The molecule has 2 saturated heterocycles. The van der Waals surface area contributed by atoms with Gasteiger partial charge in [0, 0.05) is 61.8 Å². The number of hydrogen-bond acceptors (Lipinski definition) is 5. The number of hydrogen-bond donors (Lipinski definition) is 1. The molecule has 2 amide bonds. The monoisotopic (exact) mass is 524 g/mol. The predicted octanol–water partition coefficient (Wildman–Crippen LogP) is 4.59. The molecule has 0 bridgehead atoms. The predicted molar refractivity (Wildman–Crippen MR) is 155 cm³/mol. The molecule has 0 radical (unpaired) electrons. The number of Topliss-reactive ketones (excluding diaryl/α,β-unsaturated/α-hetero) is 1. The van der Waals surface area contributed by atoms with Gasteiger partial charge >= 0.3 is 0 Å². The first-order valence-corrected chi connectivity index (χ1v) is 13.7. The fourth-order valence-electron chi connectivity index (χ4n) is 5.34. The number of ketones is 1. The summed E-state index contributed by atoms with van der Waals surface area (Å²) in [5.41, 5.74) is 5.11. The van der Waals surface area contributed by atoms with E-state index in [1.165, 1.54) is 11.3 Å². The number of benzene rings is 3. The van der Waals surface area contributed by atoms with Crippen LogP contribution in [0.15, 0.2) is 72.8 Å². The van der Waals surface area contributed by atoms with Gasteiger partial charge in [-0.25, -0.2) is 0 Å². The standard InChI is InChI=1S/C32H36N4O3/c1-23-3-5-26(6-4-23)30(37)31(38)33-28-11-7-24(8-12-28)25-15-17-36(18-16-25)32(39)27-9-13-29(14-10-27)35-21-19-34(2)20-22-35/h3-14,25H,15-22H2,1-2H3,(H,33,38). The van der Waals surface area contributed by atoms with E-state index < -0.39 is 11.7 Å². The molecule has 0 spiro atoms. The molecule has 0 unspecified atom stereocenters. The largest absolute Gasteiger partial charge is 0.369 e. The highest BCUT2D eigenvalue weighted by atomic mass is 16.2. The van der Waals surface area contributed by atoms with Crippen LogP contribution < -0.4 is 10.2 Å². The Labute approximate surface area is 230 Å². The molecule has 5 rings (SSSR count). The molecule has 2 heterocycles. The van der Waals surface area contributed by atoms with Crippen LogP contribution in [0, 0.1) is 6.92 Å². The first kappa shape index (κ1) is 26.6. The van der Waals surface area contributed by atoms with Crippen molar-refractivity contribution in [3.63, 3.8) is 0 Å². The van der Waals surface area contributed by atoms with Crippen LogP contribution in [-0.4, -0.2) is 73.7 Å². The molecule has 39 heavy (non-hydrogen) atoms. The van der Waals surface area contributed by atoms with Crippen molar-refractivity contribution in [2.24, 2.45) is 0 Å². The van der Waals surface area contributed by atoms with Crippen molar-refractivity contribution >= 4 is 29.0 Å². The van der Waals surface area contributed by atoms with Crippen molar-refractivity contribution < 1.29 is 14.4 Å². The van der Waals surface area contributed by atoms with E-state index in [9.17, 15) is 14.4 Å². The highest BCUT2D eigenvalue weighted by Gasteiger charge is 2.25. The maximum Gasteiger partial charge on any atom is 0.296 e. The van der Waals surface area contributed by atoms with E-state index in [0.29, 0.717) is 30.3 Å². The first-order valence-electron chi connectivity index (χ1n) is 13.7. The number of nitrogens with one attached hydrogen (secondary N) is 1. The maximum atomic E-state index is 13.1. The molecule has 0 aromatic heterocycles. The van der Waals surface area contributed by atoms with Crippen LogP contribution in [-0.2, 0) is 4.79 Å². The van der Waals surface area contributed by atoms with Crippen LogP contribution in [0.2, 0.25) is 0 Å². The summed E-state index contributed by atoms with van der Waals surface area (Å²) in [4.78, 5) is 44.6. The van der Waals surface area contributed by atoms with Crippen molar-refractivity contribution in [3.05, 3.63) is 95.1 Å². The highest BCUT2D eigenvalue weighted by molar-refractivity contribution is 6.46. The van der Waals surface area contributed by atoms with Crippen LogP contribution >= 0.6 is 0 Å². The molecule has 7 nitrogen and oxygen atoms in total. The van der Waals surface area contributed by atoms with E-state index in [2.05, 4.69) is 34.3 Å². The third kappa shape index (κ3) is 6.37. The third-order valence-corrected chi connectivity index (χ3v) is 7.92. The average molecular weight is 525 g/mol. The average Bonchev–Trinajstić information content (AvgIpc) is 2.98. The minimum atomic E-state index is -0.644. The Morgan fingerprint density at radius 2 is 1.31 bits per heavy atom. The van der Waals surface area contributed by atoms with Gasteiger partial charge in [0.1, 0.15) is 0 Å². The van der Waals surface area contributed by atoms with Gasteiger partial charge < -0.3 is 20.0 Å². The van der Waals surface area contributed by atoms with Crippen molar-refractivity contribution in [2.75, 3.05) is 56.5 Å². The molecule has 0 saturated carbocycles. The Hall–Kier alpha value is -3.97. The van der Waals surface area contributed by atoms with Crippen molar-refractivity contribution in [3.8, 4) is 0 Å². The number of aryl methyl sites for hydroxylation is 1. The van der Waals surface area contributed by atoms with Gasteiger partial charge in [-0.3, -0.25) is 14.4 Å². The van der Waals surface area contributed by atoms with Gasteiger partial charge in [0.15, 0.2) is 0 Å². The summed E-state index contributed by atoms with van der Waals surface area (Å²) in [7, 11) is 2.15. The van der Waals surface area contributed by atoms with Crippen LogP contribution in [0.25, 0.3) is 0 Å². The molecule has 7 heteroatoms. The number of rotatable bonds is 6. The number of amides is 2. The molecule has 0 atom stereocenters. The summed E-state index contributed by atoms with van der Waals surface area (Å²) >= 11 is 0. The second-order valence-corrected chi connectivity index (χ2v) is 10.7. The summed E-state index contributed by atoms with van der Waals surface area (Å²) in [6.45, 7) is 7.50. The molecule has 3 aromatic carbocycles. The van der Waals surface area contributed by atoms with Gasteiger partial charge in [0.2, 0.25) is 0 Å². The molecule has 2 aliphatic heterocycles. The zero-order valence-electron chi connectivity index (χ0n) is 22.7. The van der Waals surface area contributed by atoms with E-state index in [1.54, 1.807) is 12.1 Å². The summed E-state index contributed by atoms with van der Waals surface area (Å²) in [6, 6.07) is 22.7. The Morgan fingerprint density at radius 1 is 0.718 bits per heavy atom. The second kappa shape index (κ2) is 11.8. The Bertz CT molecular complexity index is 1300. The lowest BCUT2D eigenvalue weighted by atomic mass is 9.89. The van der Waals surface area contributed by atoms with E-state index >= 15 is 0 Å². The number of likely N-dealkylation sites (tertiary alicyclic amines) is 1. The highest BCUT2D eigenvalue weighted by Crippen LogP contribution is 2.30. The van der Waals surface area contributed by atoms with Gasteiger partial charge in [-0.2, -0.15) is 0 Å². The van der Waals surface area contributed by atoms with E-state index in [-0.39, 0.29) is 5.91 Å². The first-order chi connectivity index (χ1) is 18.9. The summed E-state index contributed by atoms with van der Waals surface area (Å²) in [5, 5.41) is 2.71. The van der Waals surface area contributed by atoms with E-state index in [1.807, 2.05) is 60.4 Å². The minimum Gasteiger partial charge on any atom is -0.369 e. The van der Waals surface area contributed by atoms with Crippen molar-refractivity contribution in [1.82, 2.24) is 9.80 Å². The number of piperazine rings is 1. The summed E-state index contributed by atoms with van der Waals surface area (Å²) < 4.78 is 0. The molecule has 2 aliphatic rings. The second-order valence-electron chi connectivity index (χ2n) is 10.7. The Morgan fingerprint density at radius 3 is 1.92 bits per heavy atom. The number of carbonyl (C=O) groups excluding carboxylic acids is 3. The fraction of sp³-hybridized carbons (Fsp3) is 0.344. The zero-order valence-corrected chi connectivity index (χ0v) is 22.7. The molecular weight excluding hydrogens is 488 g/mol. The van der Waals surface area contributed by atoms with Crippen LogP contribution in [0.1, 0.15) is 50.6 Å².